The van der Waals surface area contributed by atoms with E-state index >= 15 is 0 Å². The highest BCUT2D eigenvalue weighted by Gasteiger charge is 2.29. The van der Waals surface area contributed by atoms with E-state index in [1.807, 2.05) is 29.8 Å². The molecule has 1 aliphatic rings. The molecule has 0 saturated heterocycles. The molecule has 0 saturated carbocycles. The normalized spacial score (nSPS) is 14.7. The van der Waals surface area contributed by atoms with E-state index in [1.54, 1.807) is 19.6 Å². The number of imidazole rings is 1. The molecular weight excluding hydrogens is 481 g/mol. The number of nitrogens with zero attached hydrogens (tertiary/aromatic N) is 4. The maximum atomic E-state index is 6.11. The van der Waals surface area contributed by atoms with Crippen LogP contribution in [0.25, 0.3) is 5.69 Å². The summed E-state index contributed by atoms with van der Waals surface area (Å²) < 4.78 is 7.48. The molecule has 0 aliphatic heterocycles. The van der Waals surface area contributed by atoms with Crippen molar-refractivity contribution in [3.8, 4) is 11.4 Å². The highest BCUT2D eigenvalue weighted by Crippen LogP contribution is 2.40. The molecule has 1 atom stereocenters. The maximum absolute atomic E-state index is 6.11. The largest absolute Gasteiger partial charge is 0.495 e. The molecule has 2 aromatic carbocycles. The number of rotatable bonds is 8. The van der Waals surface area contributed by atoms with Gasteiger partial charge >= 0.3 is 0 Å². The first-order valence-corrected chi connectivity index (χ1v) is 12.5. The van der Waals surface area contributed by atoms with Crippen LogP contribution in [0.3, 0.4) is 0 Å². The Balaban J connectivity index is 1.31. The first-order valence-electron chi connectivity index (χ1n) is 11.8. The van der Waals surface area contributed by atoms with Crippen LogP contribution < -0.4 is 10.1 Å². The molecule has 0 unspecified atom stereocenters. The summed E-state index contributed by atoms with van der Waals surface area (Å²) in [5, 5.41) is 4.49. The maximum Gasteiger partial charge on any atom is 0.147 e. The Hall–Kier alpha value is -3.09. The Morgan fingerprint density at radius 2 is 1.91 bits per heavy atom. The molecule has 0 bridgehead atoms. The smallest absolute Gasteiger partial charge is 0.147 e. The van der Waals surface area contributed by atoms with E-state index in [-0.39, 0.29) is 5.92 Å². The molecule has 5 rings (SSSR count). The predicted octanol–water partition coefficient (Wildman–Crippen LogP) is 6.27. The van der Waals surface area contributed by atoms with Gasteiger partial charge < -0.3 is 14.6 Å². The van der Waals surface area contributed by atoms with Gasteiger partial charge in [-0.3, -0.25) is 0 Å². The van der Waals surface area contributed by atoms with Crippen molar-refractivity contribution in [2.75, 3.05) is 19.5 Å². The van der Waals surface area contributed by atoms with Crippen LogP contribution in [-0.2, 0) is 19.3 Å². The van der Waals surface area contributed by atoms with Crippen molar-refractivity contribution in [1.29, 1.82) is 0 Å². The number of nitrogens with one attached hydrogen (secondary N) is 1. The Bertz CT molecular complexity index is 1340. The topological polar surface area (TPSA) is 64.9 Å². The number of methoxy groups -OCH3 is 1. The average Bonchev–Trinajstić information content (AvgIpc) is 3.50. The zero-order valence-corrected chi connectivity index (χ0v) is 21.3. The Morgan fingerprint density at radius 1 is 1.09 bits per heavy atom. The summed E-state index contributed by atoms with van der Waals surface area (Å²) in [6.07, 6.45) is 8.11. The van der Waals surface area contributed by atoms with Gasteiger partial charge in [0.1, 0.15) is 28.9 Å². The van der Waals surface area contributed by atoms with Crippen LogP contribution in [-0.4, -0.2) is 33.7 Å². The zero-order chi connectivity index (χ0) is 24.4. The number of fused-ring (bicyclic) bond motifs is 1. The molecular formula is C27H27Cl2N5O. The summed E-state index contributed by atoms with van der Waals surface area (Å²) in [6.45, 7) is 0. The number of aromatic nitrogens is 4. The molecule has 2 aromatic heterocycles. The van der Waals surface area contributed by atoms with Crippen LogP contribution in [0, 0.1) is 0 Å². The average molecular weight is 508 g/mol. The molecule has 1 aliphatic carbocycles. The van der Waals surface area contributed by atoms with Crippen LogP contribution in [0.5, 0.6) is 5.75 Å². The van der Waals surface area contributed by atoms with E-state index in [0.29, 0.717) is 5.15 Å². The van der Waals surface area contributed by atoms with E-state index < -0.39 is 0 Å². The van der Waals surface area contributed by atoms with E-state index in [1.165, 1.54) is 16.7 Å². The van der Waals surface area contributed by atoms with Crippen LogP contribution in [0.15, 0.2) is 55.0 Å². The molecule has 0 spiro atoms. The minimum atomic E-state index is 0.282. The van der Waals surface area contributed by atoms with Crippen LogP contribution in [0.4, 0.5) is 5.82 Å². The lowest BCUT2D eigenvalue weighted by Gasteiger charge is -2.14. The third kappa shape index (κ3) is 5.00. The highest BCUT2D eigenvalue weighted by molar-refractivity contribution is 6.30. The Morgan fingerprint density at radius 3 is 2.63 bits per heavy atom. The number of hydrogen-bond acceptors (Lipinski definition) is 5. The van der Waals surface area contributed by atoms with Gasteiger partial charge in [-0.15, -0.1) is 0 Å². The Labute approximate surface area is 215 Å². The minimum absolute atomic E-state index is 0.282. The van der Waals surface area contributed by atoms with Crippen molar-refractivity contribution < 1.29 is 4.74 Å². The fourth-order valence-corrected chi connectivity index (χ4v) is 5.09. The lowest BCUT2D eigenvalue weighted by atomic mass is 9.96. The monoisotopic (exact) mass is 507 g/mol. The summed E-state index contributed by atoms with van der Waals surface area (Å²) in [5.41, 5.74) is 5.74. The molecule has 0 radical (unpaired) electrons. The van der Waals surface area contributed by atoms with Crippen molar-refractivity contribution in [1.82, 2.24) is 19.5 Å². The van der Waals surface area contributed by atoms with Crippen LogP contribution >= 0.6 is 23.2 Å². The van der Waals surface area contributed by atoms with Gasteiger partial charge in [0.15, 0.2) is 0 Å². The first-order chi connectivity index (χ1) is 17.1. The zero-order valence-electron chi connectivity index (χ0n) is 19.8. The number of aryl methyl sites for hydroxylation is 2. The van der Waals surface area contributed by atoms with Crippen LogP contribution in [0.1, 0.15) is 47.0 Å². The van der Waals surface area contributed by atoms with Crippen molar-refractivity contribution >= 4 is 29.0 Å². The van der Waals surface area contributed by atoms with E-state index in [4.69, 9.17) is 37.9 Å². The van der Waals surface area contributed by atoms with E-state index in [2.05, 4.69) is 34.6 Å². The molecule has 35 heavy (non-hydrogen) atoms. The van der Waals surface area contributed by atoms with Gasteiger partial charge in [0, 0.05) is 36.2 Å². The van der Waals surface area contributed by atoms with Gasteiger partial charge in [0.2, 0.25) is 0 Å². The predicted molar refractivity (Wildman–Crippen MR) is 140 cm³/mol. The number of ether oxygens (including phenoxy) is 1. The summed E-state index contributed by atoms with van der Waals surface area (Å²) in [4.78, 5) is 14.0. The van der Waals surface area contributed by atoms with Gasteiger partial charge in [0.25, 0.3) is 0 Å². The molecule has 0 fully saturated rings. The molecule has 4 aromatic rings. The fraction of sp³-hybridized carbons (Fsp3) is 0.296. The van der Waals surface area contributed by atoms with Gasteiger partial charge in [-0.05, 0) is 61.1 Å². The standard InChI is InChI=1S/C27H27Cl2N5O/c1-30-27-21-12-11-20(18-7-9-19(28)10-8-18)26(21)32-25(33-27)5-3-4-17-6-13-22(23(14-17)35-2)34-15-24(29)31-16-34/h6-10,13-16,20H,3-5,11-12H2,1-2H3,(H,30,32,33)/t20-/m0/s1. The van der Waals surface area contributed by atoms with E-state index in [0.717, 1.165) is 65.9 Å². The van der Waals surface area contributed by atoms with Gasteiger partial charge in [0.05, 0.1) is 18.5 Å². The molecule has 2 heterocycles. The second-order valence-corrected chi connectivity index (χ2v) is 9.53. The SMILES string of the molecule is CNc1nc(CCCc2ccc(-n3cnc(Cl)c3)c(OC)c2)nc2c1CC[C@H]2c1ccc(Cl)cc1. The summed E-state index contributed by atoms with van der Waals surface area (Å²) in [6, 6.07) is 14.4. The highest BCUT2D eigenvalue weighted by atomic mass is 35.5. The molecule has 1 N–H and O–H groups in total. The molecule has 180 valence electrons. The second-order valence-electron chi connectivity index (χ2n) is 8.71. The number of hydrogen-bond donors (Lipinski definition) is 1. The number of anilines is 1. The summed E-state index contributed by atoms with van der Waals surface area (Å²) in [7, 11) is 3.61. The van der Waals surface area contributed by atoms with Crippen molar-refractivity contribution in [2.45, 2.75) is 38.0 Å². The lowest BCUT2D eigenvalue weighted by molar-refractivity contribution is 0.412. The fourth-order valence-electron chi connectivity index (χ4n) is 4.82. The lowest BCUT2D eigenvalue weighted by Crippen LogP contribution is -2.08. The third-order valence-electron chi connectivity index (χ3n) is 6.55. The summed E-state index contributed by atoms with van der Waals surface area (Å²) in [5.74, 6) is 2.90. The first kappa shape index (κ1) is 23.6. The molecule has 6 nitrogen and oxygen atoms in total. The van der Waals surface area contributed by atoms with Gasteiger partial charge in [-0.2, -0.15) is 0 Å². The minimum Gasteiger partial charge on any atom is -0.495 e. The molecule has 8 heteroatoms. The quantitative estimate of drug-likeness (QED) is 0.304. The van der Waals surface area contributed by atoms with Crippen LogP contribution in [0.2, 0.25) is 10.2 Å². The molecule has 0 amide bonds. The second kappa shape index (κ2) is 10.3. The Kier molecular flexibility index (Phi) is 6.93. The number of benzene rings is 2. The third-order valence-corrected chi connectivity index (χ3v) is 6.99. The van der Waals surface area contributed by atoms with Crippen molar-refractivity contribution in [3.63, 3.8) is 0 Å². The summed E-state index contributed by atoms with van der Waals surface area (Å²) >= 11 is 12.1. The van der Waals surface area contributed by atoms with E-state index in [9.17, 15) is 0 Å². The van der Waals surface area contributed by atoms with Gasteiger partial charge in [-0.25, -0.2) is 15.0 Å². The van der Waals surface area contributed by atoms with Gasteiger partial charge in [-0.1, -0.05) is 41.4 Å². The number of halogens is 2. The van der Waals surface area contributed by atoms with Crippen molar-refractivity contribution in [2.24, 2.45) is 0 Å². The van der Waals surface area contributed by atoms with Crippen molar-refractivity contribution in [3.05, 3.63) is 93.4 Å².